The van der Waals surface area contributed by atoms with Crippen LogP contribution in [0.25, 0.3) is 0 Å². The number of carbonyl (C=O) groups is 1. The number of rotatable bonds is 4. The number of hydrogen-bond acceptors (Lipinski definition) is 4. The zero-order chi connectivity index (χ0) is 14.7. The number of halogens is 1. The molecule has 0 unspecified atom stereocenters. The van der Waals surface area contributed by atoms with E-state index >= 15 is 0 Å². The van der Waals surface area contributed by atoms with Gasteiger partial charge in [-0.25, -0.2) is 14.8 Å². The number of benzene rings is 1. The van der Waals surface area contributed by atoms with E-state index in [-0.39, 0.29) is 17.5 Å². The minimum Gasteiger partial charge on any atom is -0.478 e. The smallest absolute Gasteiger partial charge is 0.338 e. The Labute approximate surface area is 124 Å². The molecule has 0 aliphatic rings. The Morgan fingerprint density at radius 1 is 1.30 bits per heavy atom. The van der Waals surface area contributed by atoms with Crippen LogP contribution in [0.4, 0.5) is 0 Å². The summed E-state index contributed by atoms with van der Waals surface area (Å²) in [7, 11) is 0. The Morgan fingerprint density at radius 2 is 1.95 bits per heavy atom. The Kier molecular flexibility index (Phi) is 4.34. The van der Waals surface area contributed by atoms with Gasteiger partial charge in [0.25, 0.3) is 0 Å². The molecule has 20 heavy (non-hydrogen) atoms. The maximum Gasteiger partial charge on any atom is 0.338 e. The third-order valence-corrected chi connectivity index (χ3v) is 3.16. The predicted octanol–water partition coefficient (Wildman–Crippen LogP) is 3.85. The predicted molar refractivity (Wildman–Crippen MR) is 77.3 cm³/mol. The zero-order valence-electron chi connectivity index (χ0n) is 11.0. The molecule has 2 aromatic rings. The van der Waals surface area contributed by atoms with E-state index in [1.165, 1.54) is 12.4 Å². The first-order chi connectivity index (χ1) is 9.47. The van der Waals surface area contributed by atoms with E-state index in [1.807, 2.05) is 18.2 Å². The summed E-state index contributed by atoms with van der Waals surface area (Å²) in [4.78, 5) is 18.5. The molecule has 0 bridgehead atoms. The highest BCUT2D eigenvalue weighted by atomic mass is 79.9. The second-order valence-corrected chi connectivity index (χ2v) is 5.41. The number of aromatic nitrogens is 2. The summed E-state index contributed by atoms with van der Waals surface area (Å²) >= 11 is 3.42. The Morgan fingerprint density at radius 3 is 2.50 bits per heavy atom. The summed E-state index contributed by atoms with van der Waals surface area (Å²) in [6.07, 6.45) is 2.44. The zero-order valence-corrected chi connectivity index (χ0v) is 12.6. The Balaban J connectivity index is 2.27. The monoisotopic (exact) mass is 336 g/mol. The van der Waals surface area contributed by atoms with Crippen LogP contribution in [-0.4, -0.2) is 21.0 Å². The number of ether oxygens (including phenoxy) is 1. The fourth-order valence-electron chi connectivity index (χ4n) is 1.64. The largest absolute Gasteiger partial charge is 0.478 e. The molecule has 0 aliphatic carbocycles. The van der Waals surface area contributed by atoms with Gasteiger partial charge < -0.3 is 9.84 Å². The van der Waals surface area contributed by atoms with Gasteiger partial charge >= 0.3 is 12.0 Å². The number of carboxylic acid groups (broad SMARTS) is 1. The van der Waals surface area contributed by atoms with Gasteiger partial charge in [-0.3, -0.25) is 0 Å². The van der Waals surface area contributed by atoms with Crippen LogP contribution in [0.15, 0.2) is 35.1 Å². The van der Waals surface area contributed by atoms with Crippen molar-refractivity contribution in [2.24, 2.45) is 0 Å². The van der Waals surface area contributed by atoms with E-state index in [0.29, 0.717) is 5.75 Å². The summed E-state index contributed by atoms with van der Waals surface area (Å²) in [6.45, 7) is 4.12. The molecule has 1 aromatic carbocycles. The summed E-state index contributed by atoms with van der Waals surface area (Å²) < 4.78 is 6.59. The van der Waals surface area contributed by atoms with Crippen molar-refractivity contribution < 1.29 is 14.6 Å². The van der Waals surface area contributed by atoms with Crippen molar-refractivity contribution in [3.63, 3.8) is 0 Å². The second kappa shape index (κ2) is 6.00. The average Bonchev–Trinajstić information content (AvgIpc) is 2.41. The van der Waals surface area contributed by atoms with Crippen molar-refractivity contribution in [2.45, 2.75) is 19.8 Å². The van der Waals surface area contributed by atoms with Crippen LogP contribution in [0.2, 0.25) is 0 Å². The maximum atomic E-state index is 10.7. The lowest BCUT2D eigenvalue weighted by molar-refractivity contribution is 0.0696. The lowest BCUT2D eigenvalue weighted by Crippen LogP contribution is -2.01. The Bertz CT molecular complexity index is 627. The molecule has 0 spiro atoms. The average molecular weight is 337 g/mol. The molecule has 1 heterocycles. The molecular formula is C14H13BrN2O3. The quantitative estimate of drug-likeness (QED) is 0.917. The maximum absolute atomic E-state index is 10.7. The third-order valence-electron chi connectivity index (χ3n) is 2.67. The molecule has 0 radical (unpaired) electrons. The molecule has 2 rings (SSSR count). The second-order valence-electron chi connectivity index (χ2n) is 4.50. The van der Waals surface area contributed by atoms with Crippen molar-refractivity contribution >= 4 is 21.9 Å². The van der Waals surface area contributed by atoms with Crippen LogP contribution in [0.1, 0.15) is 35.7 Å². The molecule has 0 saturated carbocycles. The topological polar surface area (TPSA) is 72.3 Å². The van der Waals surface area contributed by atoms with Gasteiger partial charge in [0.2, 0.25) is 0 Å². The van der Waals surface area contributed by atoms with Crippen molar-refractivity contribution in [1.82, 2.24) is 9.97 Å². The molecule has 0 fully saturated rings. The van der Waals surface area contributed by atoms with Gasteiger partial charge in [0, 0.05) is 16.9 Å². The lowest BCUT2D eigenvalue weighted by Gasteiger charge is -2.13. The third kappa shape index (κ3) is 3.33. The molecule has 104 valence electrons. The summed E-state index contributed by atoms with van der Waals surface area (Å²) in [5.41, 5.74) is 1.04. The summed E-state index contributed by atoms with van der Waals surface area (Å²) in [6, 6.07) is 5.80. The normalized spacial score (nSPS) is 10.6. The van der Waals surface area contributed by atoms with Crippen LogP contribution in [0.5, 0.6) is 11.8 Å². The van der Waals surface area contributed by atoms with Crippen LogP contribution in [0.3, 0.4) is 0 Å². The van der Waals surface area contributed by atoms with Gasteiger partial charge in [-0.05, 0) is 29.7 Å². The SMILES string of the molecule is CC(C)c1cc(Br)ccc1Oc1ncc(C(=O)O)cn1. The van der Waals surface area contributed by atoms with E-state index in [9.17, 15) is 4.79 Å². The highest BCUT2D eigenvalue weighted by Crippen LogP contribution is 2.31. The van der Waals surface area contributed by atoms with E-state index < -0.39 is 5.97 Å². The first-order valence-corrected chi connectivity index (χ1v) is 6.79. The molecule has 1 N–H and O–H groups in total. The number of nitrogens with zero attached hydrogens (tertiary/aromatic N) is 2. The van der Waals surface area contributed by atoms with E-state index in [2.05, 4.69) is 39.7 Å². The van der Waals surface area contributed by atoms with Gasteiger partial charge in [-0.15, -0.1) is 0 Å². The molecule has 0 aliphatic heterocycles. The van der Waals surface area contributed by atoms with Crippen LogP contribution in [-0.2, 0) is 0 Å². The number of aromatic carboxylic acids is 1. The van der Waals surface area contributed by atoms with Gasteiger partial charge in [-0.2, -0.15) is 0 Å². The fraction of sp³-hybridized carbons (Fsp3) is 0.214. The molecule has 6 heteroatoms. The standard InChI is InChI=1S/C14H13BrN2O3/c1-8(2)11-5-10(15)3-4-12(11)20-14-16-6-9(7-17-14)13(18)19/h3-8H,1-2H3,(H,18,19). The first kappa shape index (κ1) is 14.5. The van der Waals surface area contributed by atoms with Crippen molar-refractivity contribution in [2.75, 3.05) is 0 Å². The van der Waals surface area contributed by atoms with E-state index in [4.69, 9.17) is 9.84 Å². The van der Waals surface area contributed by atoms with Gasteiger partial charge in [0.15, 0.2) is 0 Å². The summed E-state index contributed by atoms with van der Waals surface area (Å²) in [5, 5.41) is 8.79. The molecule has 0 atom stereocenters. The minimum atomic E-state index is -1.07. The highest BCUT2D eigenvalue weighted by molar-refractivity contribution is 9.10. The van der Waals surface area contributed by atoms with Gasteiger partial charge in [-0.1, -0.05) is 29.8 Å². The molecule has 0 saturated heterocycles. The van der Waals surface area contributed by atoms with E-state index in [0.717, 1.165) is 10.0 Å². The van der Waals surface area contributed by atoms with Crippen molar-refractivity contribution in [3.05, 3.63) is 46.2 Å². The number of hydrogen-bond donors (Lipinski definition) is 1. The lowest BCUT2D eigenvalue weighted by atomic mass is 10.0. The first-order valence-electron chi connectivity index (χ1n) is 6.00. The van der Waals surface area contributed by atoms with E-state index in [1.54, 1.807) is 0 Å². The molecular weight excluding hydrogens is 324 g/mol. The van der Waals surface area contributed by atoms with Crippen LogP contribution < -0.4 is 4.74 Å². The highest BCUT2D eigenvalue weighted by Gasteiger charge is 2.11. The minimum absolute atomic E-state index is 0.0252. The fourth-order valence-corrected chi connectivity index (χ4v) is 2.02. The number of carboxylic acids is 1. The van der Waals surface area contributed by atoms with Gasteiger partial charge in [0.1, 0.15) is 5.75 Å². The molecule has 5 nitrogen and oxygen atoms in total. The molecule has 1 aromatic heterocycles. The Hall–Kier alpha value is -1.95. The van der Waals surface area contributed by atoms with Crippen molar-refractivity contribution in [1.29, 1.82) is 0 Å². The van der Waals surface area contributed by atoms with Crippen molar-refractivity contribution in [3.8, 4) is 11.8 Å². The van der Waals surface area contributed by atoms with Crippen LogP contribution >= 0.6 is 15.9 Å². The van der Waals surface area contributed by atoms with Crippen LogP contribution in [0, 0.1) is 0 Å². The molecule has 0 amide bonds. The van der Waals surface area contributed by atoms with Gasteiger partial charge in [0.05, 0.1) is 5.56 Å². The summed E-state index contributed by atoms with van der Waals surface area (Å²) in [5.74, 6) is -0.130.